The Hall–Kier alpha value is -2.21. The van der Waals surface area contributed by atoms with Gasteiger partial charge in [-0.1, -0.05) is 0 Å². The van der Waals surface area contributed by atoms with Crippen LogP contribution in [-0.4, -0.2) is 15.6 Å². The van der Waals surface area contributed by atoms with Crippen molar-refractivity contribution in [1.29, 1.82) is 0 Å². The number of rotatable bonds is 4. The normalized spacial score (nSPS) is 10.6. The molecule has 0 fully saturated rings. The number of fused-ring (bicyclic) bond motifs is 1. The highest BCUT2D eigenvalue weighted by atomic mass is 16.4. The molecule has 0 amide bonds. The number of unbranched alkanes of at least 4 members (excludes halogenated alkanes) is 1. The maximum atomic E-state index is 11.0. The first-order valence-corrected chi connectivity index (χ1v) is 6.32. The summed E-state index contributed by atoms with van der Waals surface area (Å²) in [4.78, 5) is 11.0. The second-order valence-corrected chi connectivity index (χ2v) is 4.71. The zero-order valence-corrected chi connectivity index (χ0v) is 11.2. The van der Waals surface area contributed by atoms with E-state index in [2.05, 4.69) is 17.4 Å². The predicted molar refractivity (Wildman–Crippen MR) is 76.4 cm³/mol. The maximum Gasteiger partial charge on any atom is 0.335 e. The lowest BCUT2D eigenvalue weighted by atomic mass is 10.1. The molecule has 0 radical (unpaired) electrons. The van der Waals surface area contributed by atoms with Gasteiger partial charge in [0, 0.05) is 29.6 Å². The molecule has 2 aromatic rings. The molecule has 1 heterocycles. The number of carboxylic acids is 1. The van der Waals surface area contributed by atoms with Gasteiger partial charge < -0.3 is 9.67 Å². The molecule has 0 aliphatic heterocycles. The van der Waals surface area contributed by atoms with Crippen LogP contribution in [0, 0.1) is 26.2 Å². The van der Waals surface area contributed by atoms with Crippen molar-refractivity contribution in [3.8, 4) is 12.3 Å². The van der Waals surface area contributed by atoms with E-state index in [-0.39, 0.29) is 0 Å². The lowest BCUT2D eigenvalue weighted by molar-refractivity contribution is 0.0697. The van der Waals surface area contributed by atoms with Gasteiger partial charge in [-0.3, -0.25) is 0 Å². The van der Waals surface area contributed by atoms with E-state index in [1.807, 2.05) is 13.0 Å². The van der Waals surface area contributed by atoms with Crippen LogP contribution in [0.3, 0.4) is 0 Å². The Bertz CT molecular complexity index is 674. The summed E-state index contributed by atoms with van der Waals surface area (Å²) < 4.78 is 2.22. The zero-order valence-electron chi connectivity index (χ0n) is 11.2. The average molecular weight is 255 g/mol. The Morgan fingerprint density at radius 2 is 2.16 bits per heavy atom. The van der Waals surface area contributed by atoms with E-state index in [0.29, 0.717) is 5.56 Å². The van der Waals surface area contributed by atoms with Crippen molar-refractivity contribution in [2.24, 2.45) is 0 Å². The molecule has 0 saturated heterocycles. The van der Waals surface area contributed by atoms with Crippen LogP contribution in [-0.2, 0) is 6.54 Å². The van der Waals surface area contributed by atoms with Gasteiger partial charge >= 0.3 is 5.97 Å². The molecule has 19 heavy (non-hydrogen) atoms. The molecular weight excluding hydrogens is 238 g/mol. The van der Waals surface area contributed by atoms with Crippen LogP contribution >= 0.6 is 0 Å². The third-order valence-corrected chi connectivity index (χ3v) is 3.59. The summed E-state index contributed by atoms with van der Waals surface area (Å²) >= 11 is 0. The van der Waals surface area contributed by atoms with Gasteiger partial charge in [-0.15, -0.1) is 12.3 Å². The summed E-state index contributed by atoms with van der Waals surface area (Å²) in [5.74, 6) is 1.76. The SMILES string of the molecule is C#CCCCn1c(C)c(C)c2cc(C(=O)O)ccc21. The van der Waals surface area contributed by atoms with Gasteiger partial charge in [0.05, 0.1) is 5.56 Å². The van der Waals surface area contributed by atoms with Crippen LogP contribution in [0.4, 0.5) is 0 Å². The van der Waals surface area contributed by atoms with Crippen LogP contribution in [0.15, 0.2) is 18.2 Å². The van der Waals surface area contributed by atoms with Crippen LogP contribution in [0.25, 0.3) is 10.9 Å². The Morgan fingerprint density at radius 1 is 1.42 bits per heavy atom. The Kier molecular flexibility index (Phi) is 3.62. The molecule has 0 unspecified atom stereocenters. The standard InChI is InChI=1S/C16H17NO2/c1-4-5-6-9-17-12(3)11(2)14-10-13(16(18)19)7-8-15(14)17/h1,7-8,10H,5-6,9H2,2-3H3,(H,18,19). The minimum atomic E-state index is -0.890. The first-order valence-electron chi connectivity index (χ1n) is 6.32. The number of aryl methyl sites for hydroxylation is 2. The van der Waals surface area contributed by atoms with Gasteiger partial charge in [-0.25, -0.2) is 4.79 Å². The molecule has 2 rings (SSSR count). The van der Waals surface area contributed by atoms with Crippen molar-refractivity contribution in [1.82, 2.24) is 4.57 Å². The number of carbonyl (C=O) groups is 1. The van der Waals surface area contributed by atoms with Gasteiger partial charge in [-0.2, -0.15) is 0 Å². The summed E-state index contributed by atoms with van der Waals surface area (Å²) in [5.41, 5.74) is 3.72. The molecule has 3 nitrogen and oxygen atoms in total. The van der Waals surface area contributed by atoms with E-state index in [9.17, 15) is 4.79 Å². The second-order valence-electron chi connectivity index (χ2n) is 4.71. The molecule has 0 bridgehead atoms. The average Bonchev–Trinajstić information content (AvgIpc) is 2.63. The van der Waals surface area contributed by atoms with Crippen molar-refractivity contribution in [3.63, 3.8) is 0 Å². The molecule has 0 aliphatic rings. The number of hydrogen-bond donors (Lipinski definition) is 1. The molecule has 1 aromatic carbocycles. The number of benzene rings is 1. The lowest BCUT2D eigenvalue weighted by Gasteiger charge is -2.07. The minimum Gasteiger partial charge on any atom is -0.478 e. The van der Waals surface area contributed by atoms with Gasteiger partial charge in [-0.05, 0) is 44.0 Å². The molecule has 1 aromatic heterocycles. The lowest BCUT2D eigenvalue weighted by Crippen LogP contribution is -2.00. The Labute approximate surface area is 112 Å². The van der Waals surface area contributed by atoms with E-state index in [1.54, 1.807) is 12.1 Å². The van der Waals surface area contributed by atoms with E-state index in [4.69, 9.17) is 11.5 Å². The summed E-state index contributed by atoms with van der Waals surface area (Å²) in [6, 6.07) is 5.29. The van der Waals surface area contributed by atoms with Gasteiger partial charge in [0.15, 0.2) is 0 Å². The summed E-state index contributed by atoms with van der Waals surface area (Å²) in [6.07, 6.45) is 6.96. The van der Waals surface area contributed by atoms with E-state index < -0.39 is 5.97 Å². The molecule has 98 valence electrons. The topological polar surface area (TPSA) is 42.2 Å². The fourth-order valence-corrected chi connectivity index (χ4v) is 2.41. The first kappa shape index (κ1) is 13.2. The number of nitrogens with zero attached hydrogens (tertiary/aromatic N) is 1. The molecule has 1 N–H and O–H groups in total. The monoisotopic (exact) mass is 255 g/mol. The molecule has 0 aliphatic carbocycles. The smallest absolute Gasteiger partial charge is 0.335 e. The van der Waals surface area contributed by atoms with Crippen LogP contribution < -0.4 is 0 Å². The first-order chi connectivity index (χ1) is 9.06. The Morgan fingerprint density at radius 3 is 2.79 bits per heavy atom. The maximum absolute atomic E-state index is 11.0. The summed E-state index contributed by atoms with van der Waals surface area (Å²) in [5, 5.41) is 10.1. The largest absolute Gasteiger partial charge is 0.478 e. The van der Waals surface area contributed by atoms with Crippen molar-refractivity contribution in [2.45, 2.75) is 33.2 Å². The van der Waals surface area contributed by atoms with E-state index in [0.717, 1.165) is 35.9 Å². The third kappa shape index (κ3) is 2.34. The summed E-state index contributed by atoms with van der Waals surface area (Å²) in [6.45, 7) is 4.96. The van der Waals surface area contributed by atoms with Crippen molar-refractivity contribution in [2.75, 3.05) is 0 Å². The molecule has 0 spiro atoms. The predicted octanol–water partition coefficient (Wildman–Crippen LogP) is 3.37. The number of hydrogen-bond acceptors (Lipinski definition) is 1. The fourth-order valence-electron chi connectivity index (χ4n) is 2.41. The fraction of sp³-hybridized carbons (Fsp3) is 0.312. The van der Waals surface area contributed by atoms with E-state index >= 15 is 0 Å². The minimum absolute atomic E-state index is 0.330. The molecular formula is C16H17NO2. The Balaban J connectivity index is 2.51. The van der Waals surface area contributed by atoms with E-state index in [1.165, 1.54) is 5.69 Å². The summed E-state index contributed by atoms with van der Waals surface area (Å²) in [7, 11) is 0. The number of terminal acetylenes is 1. The van der Waals surface area contributed by atoms with Gasteiger partial charge in [0.2, 0.25) is 0 Å². The van der Waals surface area contributed by atoms with Crippen LogP contribution in [0.2, 0.25) is 0 Å². The number of carboxylic acid groups (broad SMARTS) is 1. The van der Waals surface area contributed by atoms with Gasteiger partial charge in [0.25, 0.3) is 0 Å². The van der Waals surface area contributed by atoms with Gasteiger partial charge in [0.1, 0.15) is 0 Å². The van der Waals surface area contributed by atoms with Crippen molar-refractivity contribution < 1.29 is 9.90 Å². The molecule has 0 saturated carbocycles. The quantitative estimate of drug-likeness (QED) is 0.672. The zero-order chi connectivity index (χ0) is 14.0. The molecule has 3 heteroatoms. The van der Waals surface area contributed by atoms with Crippen LogP contribution in [0.1, 0.15) is 34.5 Å². The van der Waals surface area contributed by atoms with Crippen molar-refractivity contribution in [3.05, 3.63) is 35.0 Å². The highest BCUT2D eigenvalue weighted by Gasteiger charge is 2.12. The van der Waals surface area contributed by atoms with Crippen LogP contribution in [0.5, 0.6) is 0 Å². The third-order valence-electron chi connectivity index (χ3n) is 3.59. The highest BCUT2D eigenvalue weighted by molar-refractivity contribution is 5.95. The second kappa shape index (κ2) is 5.19. The van der Waals surface area contributed by atoms with Crippen molar-refractivity contribution >= 4 is 16.9 Å². The molecule has 0 atom stereocenters. The number of aromatic nitrogens is 1. The number of aromatic carboxylic acids is 1. The highest BCUT2D eigenvalue weighted by Crippen LogP contribution is 2.26.